The Kier molecular flexibility index (Phi) is 6.03. The molecule has 102 valence electrons. The van der Waals surface area contributed by atoms with Crippen molar-refractivity contribution in [1.29, 1.82) is 0 Å². The summed E-state index contributed by atoms with van der Waals surface area (Å²) in [5.41, 5.74) is 1.19. The molecule has 3 heteroatoms. The van der Waals surface area contributed by atoms with Crippen LogP contribution >= 0.6 is 12.6 Å². The Morgan fingerprint density at radius 3 is 2.28 bits per heavy atom. The van der Waals surface area contributed by atoms with Crippen molar-refractivity contribution in [2.24, 2.45) is 0 Å². The molecule has 1 unspecified atom stereocenters. The number of methoxy groups -OCH3 is 1. The maximum Gasteiger partial charge on any atom is 0.122 e. The molecule has 0 fully saturated rings. The highest BCUT2D eigenvalue weighted by Gasteiger charge is 2.15. The summed E-state index contributed by atoms with van der Waals surface area (Å²) >= 11 is 4.55. The van der Waals surface area contributed by atoms with Gasteiger partial charge < -0.3 is 9.47 Å². The van der Waals surface area contributed by atoms with Crippen LogP contribution in [-0.4, -0.2) is 19.8 Å². The Balaban J connectivity index is 2.67. The molecule has 1 rings (SSSR count). The lowest BCUT2D eigenvalue weighted by Gasteiger charge is -2.20. The molecule has 0 aliphatic carbocycles. The van der Waals surface area contributed by atoms with Gasteiger partial charge in [-0.15, -0.1) is 0 Å². The minimum Gasteiger partial charge on any atom is -0.488 e. The van der Waals surface area contributed by atoms with Gasteiger partial charge >= 0.3 is 0 Å². The van der Waals surface area contributed by atoms with Crippen molar-refractivity contribution in [2.75, 3.05) is 13.7 Å². The van der Waals surface area contributed by atoms with Crippen LogP contribution in [0, 0.1) is 0 Å². The van der Waals surface area contributed by atoms with Crippen LogP contribution in [-0.2, 0) is 9.48 Å². The standard InChI is InChI=1S/C15H24O2S/c1-5-6-14(11-16-4)17-13-9-7-12(8-10-13)15(2,3)18/h7-10,14,18H,5-6,11H2,1-4H3. The average molecular weight is 268 g/mol. The molecule has 0 N–H and O–H groups in total. The molecule has 0 spiro atoms. The zero-order chi connectivity index (χ0) is 13.6. The lowest BCUT2D eigenvalue weighted by Crippen LogP contribution is -2.22. The van der Waals surface area contributed by atoms with E-state index in [1.165, 1.54) is 5.56 Å². The highest BCUT2D eigenvalue weighted by atomic mass is 32.1. The van der Waals surface area contributed by atoms with Crippen molar-refractivity contribution in [3.63, 3.8) is 0 Å². The van der Waals surface area contributed by atoms with Crippen molar-refractivity contribution < 1.29 is 9.47 Å². The first-order chi connectivity index (χ1) is 8.47. The summed E-state index contributed by atoms with van der Waals surface area (Å²) in [4.78, 5) is 0. The highest BCUT2D eigenvalue weighted by Crippen LogP contribution is 2.28. The second-order valence-electron chi connectivity index (χ2n) is 5.07. The molecule has 2 nitrogen and oxygen atoms in total. The van der Waals surface area contributed by atoms with E-state index >= 15 is 0 Å². The lowest BCUT2D eigenvalue weighted by molar-refractivity contribution is 0.0753. The van der Waals surface area contributed by atoms with E-state index in [1.54, 1.807) is 7.11 Å². The first-order valence-corrected chi connectivity index (χ1v) is 6.90. The van der Waals surface area contributed by atoms with E-state index in [1.807, 2.05) is 12.1 Å². The molecule has 18 heavy (non-hydrogen) atoms. The topological polar surface area (TPSA) is 18.5 Å². The summed E-state index contributed by atoms with van der Waals surface area (Å²) in [5, 5.41) is 0. The third kappa shape index (κ3) is 4.91. The van der Waals surface area contributed by atoms with Crippen LogP contribution in [0.4, 0.5) is 0 Å². The number of hydrogen-bond acceptors (Lipinski definition) is 3. The fourth-order valence-electron chi connectivity index (χ4n) is 1.82. The van der Waals surface area contributed by atoms with Crippen molar-refractivity contribution in [2.45, 2.75) is 44.5 Å². The third-order valence-corrected chi connectivity index (χ3v) is 3.08. The van der Waals surface area contributed by atoms with Gasteiger partial charge in [0.1, 0.15) is 11.9 Å². The molecule has 1 atom stereocenters. The van der Waals surface area contributed by atoms with Crippen molar-refractivity contribution in [3.8, 4) is 5.75 Å². The molecule has 0 amide bonds. The summed E-state index contributed by atoms with van der Waals surface area (Å²) in [6.45, 7) is 6.94. The second-order valence-corrected chi connectivity index (χ2v) is 6.19. The summed E-state index contributed by atoms with van der Waals surface area (Å²) in [6.07, 6.45) is 2.23. The van der Waals surface area contributed by atoms with E-state index in [0.29, 0.717) is 6.61 Å². The summed E-state index contributed by atoms with van der Waals surface area (Å²) in [7, 11) is 1.71. The molecular weight excluding hydrogens is 244 g/mol. The van der Waals surface area contributed by atoms with Crippen LogP contribution in [0.25, 0.3) is 0 Å². The van der Waals surface area contributed by atoms with Gasteiger partial charge in [-0.05, 0) is 38.0 Å². The summed E-state index contributed by atoms with van der Waals surface area (Å²) in [6, 6.07) is 8.15. The van der Waals surface area contributed by atoms with Crippen LogP contribution in [0.1, 0.15) is 39.2 Å². The number of thiol groups is 1. The smallest absolute Gasteiger partial charge is 0.122 e. The second kappa shape index (κ2) is 7.05. The molecule has 0 radical (unpaired) electrons. The van der Waals surface area contributed by atoms with Crippen LogP contribution in [0.2, 0.25) is 0 Å². The normalized spacial score (nSPS) is 13.4. The third-order valence-electron chi connectivity index (χ3n) is 2.83. The lowest BCUT2D eigenvalue weighted by atomic mass is 10.0. The fourth-order valence-corrected chi connectivity index (χ4v) is 1.97. The Hall–Kier alpha value is -0.670. The van der Waals surface area contributed by atoms with Gasteiger partial charge in [-0.2, -0.15) is 12.6 Å². The average Bonchev–Trinajstić information content (AvgIpc) is 2.29. The van der Waals surface area contributed by atoms with Gasteiger partial charge in [0.15, 0.2) is 0 Å². The maximum atomic E-state index is 5.91. The zero-order valence-corrected chi connectivity index (χ0v) is 12.7. The quantitative estimate of drug-likeness (QED) is 0.752. The predicted octanol–water partition coefficient (Wildman–Crippen LogP) is 4.05. The van der Waals surface area contributed by atoms with Crippen molar-refractivity contribution in [1.82, 2.24) is 0 Å². The van der Waals surface area contributed by atoms with Crippen LogP contribution in [0.3, 0.4) is 0 Å². The zero-order valence-electron chi connectivity index (χ0n) is 11.8. The van der Waals surface area contributed by atoms with Gasteiger partial charge in [0.05, 0.1) is 6.61 Å². The molecular formula is C15H24O2S. The monoisotopic (exact) mass is 268 g/mol. The van der Waals surface area contributed by atoms with Gasteiger partial charge in [-0.25, -0.2) is 0 Å². The van der Waals surface area contributed by atoms with Gasteiger partial charge in [0.25, 0.3) is 0 Å². The van der Waals surface area contributed by atoms with Crippen molar-refractivity contribution >= 4 is 12.6 Å². The predicted molar refractivity (Wildman–Crippen MR) is 79.7 cm³/mol. The molecule has 0 aliphatic heterocycles. The Bertz CT molecular complexity index is 335. The van der Waals surface area contributed by atoms with E-state index in [4.69, 9.17) is 9.47 Å². The van der Waals surface area contributed by atoms with E-state index in [9.17, 15) is 0 Å². The van der Waals surface area contributed by atoms with Crippen LogP contribution in [0.5, 0.6) is 5.75 Å². The molecule has 0 aliphatic rings. The largest absolute Gasteiger partial charge is 0.488 e. The maximum absolute atomic E-state index is 5.91. The number of hydrogen-bond donors (Lipinski definition) is 1. The first-order valence-electron chi connectivity index (χ1n) is 6.46. The van der Waals surface area contributed by atoms with E-state index in [2.05, 4.69) is 45.5 Å². The first kappa shape index (κ1) is 15.4. The van der Waals surface area contributed by atoms with Crippen LogP contribution in [0.15, 0.2) is 24.3 Å². The molecule has 0 aromatic heterocycles. The van der Waals surface area contributed by atoms with Gasteiger partial charge in [-0.1, -0.05) is 25.5 Å². The fraction of sp³-hybridized carbons (Fsp3) is 0.600. The van der Waals surface area contributed by atoms with Crippen molar-refractivity contribution in [3.05, 3.63) is 29.8 Å². The molecule has 0 heterocycles. The SMILES string of the molecule is CCCC(COC)Oc1ccc(C(C)(C)S)cc1. The number of rotatable bonds is 7. The Morgan fingerprint density at radius 2 is 1.83 bits per heavy atom. The van der Waals surface area contributed by atoms with Crippen LogP contribution < -0.4 is 4.74 Å². The number of benzene rings is 1. The Morgan fingerprint density at radius 1 is 1.22 bits per heavy atom. The van der Waals surface area contributed by atoms with E-state index in [0.717, 1.165) is 18.6 Å². The number of ether oxygens (including phenoxy) is 2. The summed E-state index contributed by atoms with van der Waals surface area (Å²) < 4.78 is 11.0. The van der Waals surface area contributed by atoms with E-state index in [-0.39, 0.29) is 10.9 Å². The minimum atomic E-state index is -0.117. The van der Waals surface area contributed by atoms with Gasteiger partial charge in [0.2, 0.25) is 0 Å². The molecule has 1 aromatic carbocycles. The molecule has 0 saturated carbocycles. The highest BCUT2D eigenvalue weighted by molar-refractivity contribution is 7.81. The molecule has 1 aromatic rings. The summed E-state index contributed by atoms with van der Waals surface area (Å²) in [5.74, 6) is 0.895. The van der Waals surface area contributed by atoms with Gasteiger partial charge in [-0.3, -0.25) is 0 Å². The molecule has 0 saturated heterocycles. The Labute approximate surface area is 116 Å². The molecule has 0 bridgehead atoms. The van der Waals surface area contributed by atoms with E-state index < -0.39 is 0 Å². The van der Waals surface area contributed by atoms with Gasteiger partial charge in [0, 0.05) is 11.9 Å². The minimum absolute atomic E-state index is 0.117.